The van der Waals surface area contributed by atoms with Crippen molar-refractivity contribution in [2.75, 3.05) is 6.61 Å². The Balaban J connectivity index is 1.82. The van der Waals surface area contributed by atoms with E-state index in [4.69, 9.17) is 8.92 Å². The maximum atomic E-state index is 12.5. The molecule has 0 spiro atoms. The molecule has 1 aromatic carbocycles. The van der Waals surface area contributed by atoms with Crippen LogP contribution in [0.2, 0.25) is 25.7 Å². The molecule has 0 atom stereocenters. The fourth-order valence-electron chi connectivity index (χ4n) is 3.17. The Bertz CT molecular complexity index is 716. The number of rotatable bonds is 8. The van der Waals surface area contributed by atoms with E-state index in [-0.39, 0.29) is 17.8 Å². The molecule has 0 heterocycles. The maximum absolute atomic E-state index is 12.5. The van der Waals surface area contributed by atoms with E-state index in [2.05, 4.69) is 19.6 Å². The van der Waals surface area contributed by atoms with Crippen molar-refractivity contribution in [2.24, 2.45) is 5.41 Å². The van der Waals surface area contributed by atoms with Gasteiger partial charge in [0.15, 0.2) is 0 Å². The molecule has 2 rings (SSSR count). The van der Waals surface area contributed by atoms with Crippen LogP contribution in [0.25, 0.3) is 0 Å². The van der Waals surface area contributed by atoms with Crippen LogP contribution in [0.1, 0.15) is 38.2 Å². The average Bonchev–Trinajstić information content (AvgIpc) is 2.56. The second-order valence-electron chi connectivity index (χ2n) is 8.99. The first-order valence-corrected chi connectivity index (χ1v) is 14.9. The van der Waals surface area contributed by atoms with Crippen LogP contribution >= 0.6 is 0 Å². The van der Waals surface area contributed by atoms with Gasteiger partial charge >= 0.3 is 5.97 Å². The molecule has 0 aliphatic heterocycles. The minimum absolute atomic E-state index is 0.125. The molecule has 0 N–H and O–H groups in total. The number of benzene rings is 1. The molecule has 0 amide bonds. The van der Waals surface area contributed by atoms with E-state index in [1.165, 1.54) is 0 Å². The first-order valence-electron chi connectivity index (χ1n) is 9.61. The zero-order valence-corrected chi connectivity index (χ0v) is 18.7. The van der Waals surface area contributed by atoms with Gasteiger partial charge in [-0.3, -0.25) is 8.98 Å². The number of esters is 1. The molecule has 0 unspecified atom stereocenters. The first kappa shape index (κ1) is 22.1. The van der Waals surface area contributed by atoms with Crippen molar-refractivity contribution in [2.45, 2.75) is 70.1 Å². The number of hydrogen-bond donors (Lipinski definition) is 0. The molecular weight excluding hydrogens is 380 g/mol. The van der Waals surface area contributed by atoms with Crippen LogP contribution in [0.4, 0.5) is 0 Å². The van der Waals surface area contributed by atoms with E-state index in [1.54, 1.807) is 12.1 Å². The highest BCUT2D eigenvalue weighted by Gasteiger charge is 2.40. The predicted molar refractivity (Wildman–Crippen MR) is 110 cm³/mol. The predicted octanol–water partition coefficient (Wildman–Crippen LogP) is 4.36. The quantitative estimate of drug-likeness (QED) is 0.360. The van der Waals surface area contributed by atoms with Crippen molar-refractivity contribution < 1.29 is 22.1 Å². The highest BCUT2D eigenvalue weighted by molar-refractivity contribution is 7.85. The highest BCUT2D eigenvalue weighted by Crippen LogP contribution is 2.38. The lowest BCUT2D eigenvalue weighted by Gasteiger charge is -2.35. The third-order valence-electron chi connectivity index (χ3n) is 5.08. The number of hydrogen-bond acceptors (Lipinski definition) is 5. The van der Waals surface area contributed by atoms with Gasteiger partial charge in [-0.25, -0.2) is 0 Å². The highest BCUT2D eigenvalue weighted by atomic mass is 32.2. The summed E-state index contributed by atoms with van der Waals surface area (Å²) >= 11 is 0. The van der Waals surface area contributed by atoms with E-state index in [0.717, 1.165) is 6.04 Å². The minimum Gasteiger partial charge on any atom is -0.466 e. The summed E-state index contributed by atoms with van der Waals surface area (Å²) < 4.78 is 35.5. The van der Waals surface area contributed by atoms with Crippen LogP contribution < -0.4 is 0 Å². The second kappa shape index (κ2) is 8.88. The molecule has 1 saturated carbocycles. The summed E-state index contributed by atoms with van der Waals surface area (Å²) in [5.74, 6) is -0.285. The summed E-state index contributed by atoms with van der Waals surface area (Å²) in [5.41, 5.74) is 0.173. The van der Waals surface area contributed by atoms with Gasteiger partial charge in [-0.05, 0) is 44.2 Å². The van der Waals surface area contributed by atoms with E-state index in [9.17, 15) is 13.2 Å². The Morgan fingerprint density at radius 1 is 1.15 bits per heavy atom. The summed E-state index contributed by atoms with van der Waals surface area (Å²) in [6.45, 7) is 9.15. The van der Waals surface area contributed by atoms with Crippen LogP contribution in [0, 0.1) is 5.41 Å². The number of carbonyl (C=O) groups excluding carboxylic acids is 1. The van der Waals surface area contributed by atoms with E-state index < -0.39 is 23.6 Å². The van der Waals surface area contributed by atoms with Gasteiger partial charge in [-0.1, -0.05) is 50.0 Å². The molecule has 1 fully saturated rings. The van der Waals surface area contributed by atoms with Crippen molar-refractivity contribution in [1.29, 1.82) is 0 Å². The monoisotopic (exact) mass is 412 g/mol. The summed E-state index contributed by atoms with van der Waals surface area (Å²) in [7, 11) is -4.87. The van der Waals surface area contributed by atoms with Crippen LogP contribution in [0.5, 0.6) is 0 Å². The molecule has 5 nitrogen and oxygen atoms in total. The standard InChI is InChI=1S/C20H32O5SSi/c1-20(19(21)24-14-15-27(2,3)4)12-10-18(11-13-20)25-26(22,23)16-17-8-6-5-7-9-17/h5-9,18H,10-16H2,1-4H3. The summed E-state index contributed by atoms with van der Waals surface area (Å²) in [6, 6.07) is 9.97. The van der Waals surface area contributed by atoms with Crippen LogP contribution in [-0.2, 0) is 29.6 Å². The second-order valence-corrected chi connectivity index (χ2v) is 16.2. The lowest BCUT2D eigenvalue weighted by molar-refractivity contribution is -0.157. The smallest absolute Gasteiger partial charge is 0.311 e. The van der Waals surface area contributed by atoms with Gasteiger partial charge in [-0.2, -0.15) is 8.42 Å². The lowest BCUT2D eigenvalue weighted by Crippen LogP contribution is -2.37. The Labute approximate surface area is 164 Å². The third kappa shape index (κ3) is 7.39. The number of carbonyl (C=O) groups is 1. The zero-order chi connectivity index (χ0) is 20.1. The van der Waals surface area contributed by atoms with Crippen molar-refractivity contribution >= 4 is 24.2 Å². The summed E-state index contributed by atoms with van der Waals surface area (Å²) in [6.07, 6.45) is 1.91. The molecule has 0 aromatic heterocycles. The van der Waals surface area contributed by atoms with Crippen molar-refractivity contribution in [3.05, 3.63) is 35.9 Å². The molecule has 7 heteroatoms. The van der Waals surface area contributed by atoms with Gasteiger partial charge in [-0.15, -0.1) is 0 Å². The third-order valence-corrected chi connectivity index (χ3v) is 8.04. The fraction of sp³-hybridized carbons (Fsp3) is 0.650. The SMILES string of the molecule is CC1(C(=O)OCC[Si](C)(C)C)CCC(OS(=O)(=O)Cc2ccccc2)CC1. The normalized spacial score (nSPS) is 23.8. The first-order chi connectivity index (χ1) is 12.5. The average molecular weight is 413 g/mol. The molecule has 27 heavy (non-hydrogen) atoms. The van der Waals surface area contributed by atoms with Crippen molar-refractivity contribution in [3.8, 4) is 0 Å². The van der Waals surface area contributed by atoms with Gasteiger partial charge in [0, 0.05) is 8.07 Å². The lowest BCUT2D eigenvalue weighted by atomic mass is 9.75. The van der Waals surface area contributed by atoms with Gasteiger partial charge in [0.2, 0.25) is 0 Å². The Morgan fingerprint density at radius 2 is 1.74 bits per heavy atom. The summed E-state index contributed by atoms with van der Waals surface area (Å²) in [4.78, 5) is 12.5. The largest absolute Gasteiger partial charge is 0.466 e. The zero-order valence-electron chi connectivity index (χ0n) is 16.9. The van der Waals surface area contributed by atoms with Gasteiger partial charge in [0.05, 0.1) is 18.1 Å². The minimum atomic E-state index is -3.63. The van der Waals surface area contributed by atoms with Gasteiger partial charge < -0.3 is 4.74 Å². The fourth-order valence-corrected chi connectivity index (χ4v) is 5.16. The van der Waals surface area contributed by atoms with Crippen molar-refractivity contribution in [1.82, 2.24) is 0 Å². The van der Waals surface area contributed by atoms with E-state index in [1.807, 2.05) is 25.1 Å². The molecule has 1 aliphatic rings. The Hall–Kier alpha value is -1.18. The molecular formula is C20H32O5SSi. The van der Waals surface area contributed by atoms with Crippen LogP contribution in [0.3, 0.4) is 0 Å². The van der Waals surface area contributed by atoms with Gasteiger partial charge in [0.1, 0.15) is 5.75 Å². The Morgan fingerprint density at radius 3 is 2.30 bits per heavy atom. The maximum Gasteiger partial charge on any atom is 0.311 e. The van der Waals surface area contributed by atoms with Crippen LogP contribution in [0.15, 0.2) is 30.3 Å². The topological polar surface area (TPSA) is 69.7 Å². The van der Waals surface area contributed by atoms with E-state index >= 15 is 0 Å². The molecule has 1 aromatic rings. The van der Waals surface area contributed by atoms with E-state index in [0.29, 0.717) is 37.9 Å². The molecule has 0 bridgehead atoms. The van der Waals surface area contributed by atoms with Crippen molar-refractivity contribution in [3.63, 3.8) is 0 Å². The molecule has 152 valence electrons. The summed E-state index contributed by atoms with van der Waals surface area (Å²) in [5, 5.41) is 0. The van der Waals surface area contributed by atoms with Crippen LogP contribution in [-0.4, -0.2) is 35.2 Å². The number of ether oxygens (including phenoxy) is 1. The van der Waals surface area contributed by atoms with Gasteiger partial charge in [0.25, 0.3) is 10.1 Å². The molecule has 0 saturated heterocycles. The molecule has 0 radical (unpaired) electrons. The Kier molecular flexibility index (Phi) is 7.27. The molecule has 1 aliphatic carbocycles.